The lowest BCUT2D eigenvalue weighted by atomic mass is 9.79. The van der Waals surface area contributed by atoms with Crippen molar-refractivity contribution >= 4 is 163 Å². The monoisotopic (exact) mass is 1440 g/mol. The molecule has 28 heteroatoms. The van der Waals surface area contributed by atoms with E-state index in [1.165, 1.54) is 84.9 Å². The number of aliphatic carboxylic acids is 1. The van der Waals surface area contributed by atoms with Crippen LogP contribution in [0.1, 0.15) is 78.2 Å². The van der Waals surface area contributed by atoms with Crippen LogP contribution in [0.15, 0.2) is 197 Å². The number of rotatable bonds is 21. The summed E-state index contributed by atoms with van der Waals surface area (Å²) in [5, 5.41) is 12.9. The number of nitrogens with zero attached hydrogens (tertiary/aromatic N) is 2. The molecule has 102 heavy (non-hydrogen) atoms. The Morgan fingerprint density at radius 1 is 0.373 bits per heavy atom. The van der Waals surface area contributed by atoms with Crippen LogP contribution in [0.3, 0.4) is 0 Å². The Kier molecular flexibility index (Phi) is 15.6. The van der Waals surface area contributed by atoms with Gasteiger partial charge >= 0.3 is 5.97 Å². The molecule has 2 heterocycles. The molecule has 2 aliphatic rings. The van der Waals surface area contributed by atoms with Crippen LogP contribution < -0.4 is 23.8 Å². The van der Waals surface area contributed by atoms with Gasteiger partial charge in [0.2, 0.25) is 0 Å². The Bertz CT molecular complexity index is 6060. The number of carboxylic acids is 1. The highest BCUT2D eigenvalue weighted by Gasteiger charge is 2.42. The van der Waals surface area contributed by atoms with E-state index in [0.717, 1.165) is 58.3 Å². The molecule has 24 nitrogen and oxygen atoms in total. The Balaban J connectivity index is 1.10. The molecule has 0 saturated carbocycles. The Hall–Kier alpha value is -11.7. The standard InChI is InChI=1S/C74H48N2O22S4/c1-3-37-9-8-10-38(4-2)70(37)76-73(81)53-35-57(97-41-16-24-45(25-17-41)101(89,90)91)66-49-30-28-47-60-48(29-31-50(61(49)60)67-58(36-54(74(76)82)63(53)69(66)67)98-42-18-26-46(27-19-42)102(92,93)94)65-56(96-40-14-22-44(23-15-40)100(86,87)88)34-52-62-51(71(79)75(72(52)80)32-7-5-6-11-59(77)78)33-55(64(47)68(62)65)95-39-12-20-43(21-13-39)99(83,84)85/h3-4,8-10,12-31,33-36H,1-2,5-7,11,32H2,(H,77,78)(H,83,84,85)(H,86,87,88)(H,89,90,91)(H,92,93,94). The first-order valence-corrected chi connectivity index (χ1v) is 36.6. The van der Waals surface area contributed by atoms with Gasteiger partial charge in [0.1, 0.15) is 46.0 Å². The van der Waals surface area contributed by atoms with Crippen LogP contribution in [0.25, 0.3) is 87.6 Å². The Morgan fingerprint density at radius 2 is 0.667 bits per heavy atom. The summed E-state index contributed by atoms with van der Waals surface area (Å²) in [7, 11) is -19.0. The van der Waals surface area contributed by atoms with Crippen LogP contribution in [0.2, 0.25) is 0 Å². The molecular formula is C74H48N2O22S4. The van der Waals surface area contributed by atoms with Crippen LogP contribution in [0, 0.1) is 0 Å². The number of hydrogen-bond acceptors (Lipinski definition) is 17. The number of anilines is 1. The summed E-state index contributed by atoms with van der Waals surface area (Å²) in [6.07, 6.45) is 3.47. The zero-order chi connectivity index (χ0) is 72.0. The summed E-state index contributed by atoms with van der Waals surface area (Å²) < 4.78 is 167. The van der Waals surface area contributed by atoms with Crippen LogP contribution in [0.5, 0.6) is 46.0 Å². The van der Waals surface area contributed by atoms with Gasteiger partial charge in [-0.1, -0.05) is 74.2 Å². The first kappa shape index (κ1) is 66.2. The van der Waals surface area contributed by atoms with E-state index in [-0.39, 0.29) is 143 Å². The lowest BCUT2D eigenvalue weighted by Gasteiger charge is -2.32. The van der Waals surface area contributed by atoms with Gasteiger partial charge < -0.3 is 24.1 Å². The third kappa shape index (κ3) is 10.9. The summed E-state index contributed by atoms with van der Waals surface area (Å²) in [5.41, 5.74) is 0.543. The highest BCUT2D eigenvalue weighted by Crippen LogP contribution is 2.58. The van der Waals surface area contributed by atoms with E-state index in [1.54, 1.807) is 42.5 Å². The molecule has 15 rings (SSSR count). The molecule has 0 spiro atoms. The SMILES string of the molecule is C=Cc1cccc(C=C)c1N1C(=O)c2cc(Oc3ccc(S(=O)(=O)O)cc3)c3c4ccc5c6c(Oc7ccc(S(=O)(=O)O)cc7)cc7c8c(cc(Oc9ccc(S(=O)(=O)O)cc9)c(c9ccc(c%10c(Oc%11ccc(S(=O)(=O)O)cc%11)cc(c2c3%10)C1=O)c4c59)c86)C(=O)N(CCCCCC(=O)O)C7=O. The van der Waals surface area contributed by atoms with Crippen molar-refractivity contribution in [2.24, 2.45) is 0 Å². The summed E-state index contributed by atoms with van der Waals surface area (Å²) in [4.78, 5) is 73.6. The molecule has 13 aromatic carbocycles. The number of ether oxygens (including phenoxy) is 4. The average molecular weight is 1450 g/mol. The molecule has 0 bridgehead atoms. The molecule has 0 saturated heterocycles. The van der Waals surface area contributed by atoms with Crippen LogP contribution in [-0.2, 0) is 45.3 Å². The van der Waals surface area contributed by atoms with Crippen molar-refractivity contribution in [2.75, 3.05) is 11.4 Å². The van der Waals surface area contributed by atoms with E-state index in [1.807, 2.05) is 0 Å². The fraction of sp³-hybridized carbons (Fsp3) is 0.0676. The zero-order valence-corrected chi connectivity index (χ0v) is 55.7. The summed E-state index contributed by atoms with van der Waals surface area (Å²) in [5.74, 6) is -4.67. The summed E-state index contributed by atoms with van der Waals surface area (Å²) in [6.45, 7) is 7.74. The Morgan fingerprint density at radius 3 is 0.941 bits per heavy atom. The van der Waals surface area contributed by atoms with Crippen molar-refractivity contribution in [2.45, 2.75) is 45.3 Å². The molecule has 0 aromatic heterocycles. The van der Waals surface area contributed by atoms with Crippen molar-refractivity contribution in [3.05, 3.63) is 210 Å². The van der Waals surface area contributed by atoms with Gasteiger partial charge in [-0.2, -0.15) is 33.7 Å². The van der Waals surface area contributed by atoms with Crippen LogP contribution in [0.4, 0.5) is 5.69 Å². The number of hydrogen-bond donors (Lipinski definition) is 5. The van der Waals surface area contributed by atoms with Gasteiger partial charge in [0.25, 0.3) is 64.1 Å². The quantitative estimate of drug-likeness (QED) is 0.0147. The lowest BCUT2D eigenvalue weighted by molar-refractivity contribution is -0.137. The van der Waals surface area contributed by atoms with Crippen molar-refractivity contribution in [1.29, 1.82) is 0 Å². The molecular weight excluding hydrogens is 1400 g/mol. The third-order valence-electron chi connectivity index (χ3n) is 18.2. The first-order valence-electron chi connectivity index (χ1n) is 30.8. The van der Waals surface area contributed by atoms with Crippen molar-refractivity contribution in [3.8, 4) is 46.0 Å². The van der Waals surface area contributed by atoms with E-state index < -0.39 is 89.7 Å². The van der Waals surface area contributed by atoms with E-state index in [9.17, 15) is 61.8 Å². The topological polar surface area (TPSA) is 366 Å². The van der Waals surface area contributed by atoms with Crippen molar-refractivity contribution in [1.82, 2.24) is 4.90 Å². The molecule has 4 amide bonds. The number of carbonyl (C=O) groups excluding carboxylic acids is 4. The predicted octanol–water partition coefficient (Wildman–Crippen LogP) is 15.1. The second kappa shape index (κ2) is 24.0. The van der Waals surface area contributed by atoms with Gasteiger partial charge in [-0.3, -0.25) is 47.1 Å². The van der Waals surface area contributed by atoms with Gasteiger partial charge in [0.05, 0.1) is 47.5 Å². The molecule has 0 unspecified atom stereocenters. The van der Waals surface area contributed by atoms with Gasteiger partial charge in [-0.05, 0) is 178 Å². The molecule has 2 aliphatic heterocycles. The first-order chi connectivity index (χ1) is 48.5. The zero-order valence-electron chi connectivity index (χ0n) is 52.4. The molecule has 0 radical (unpaired) electrons. The predicted molar refractivity (Wildman–Crippen MR) is 376 cm³/mol. The van der Waals surface area contributed by atoms with Crippen LogP contribution >= 0.6 is 0 Å². The van der Waals surface area contributed by atoms with E-state index in [4.69, 9.17) is 18.9 Å². The summed E-state index contributed by atoms with van der Waals surface area (Å²) >= 11 is 0. The minimum absolute atomic E-state index is 0.0238. The maximum Gasteiger partial charge on any atom is 0.303 e. The fourth-order valence-electron chi connectivity index (χ4n) is 13.8. The van der Waals surface area contributed by atoms with Gasteiger partial charge in [0, 0.05) is 56.1 Å². The number of para-hydroxylation sites is 1. The number of fused-ring (bicyclic) bond motifs is 4. The molecule has 0 atom stereocenters. The fourth-order valence-corrected chi connectivity index (χ4v) is 15.7. The lowest BCUT2D eigenvalue weighted by Crippen LogP contribution is -2.41. The second-order valence-electron chi connectivity index (χ2n) is 24.1. The number of benzene rings is 13. The maximum absolute atomic E-state index is 15.8. The van der Waals surface area contributed by atoms with E-state index in [0.29, 0.717) is 49.9 Å². The number of amides is 4. The average Bonchev–Trinajstić information content (AvgIpc) is 0.673. The summed E-state index contributed by atoms with van der Waals surface area (Å²) in [6, 6.07) is 36.2. The number of carbonyl (C=O) groups is 5. The third-order valence-corrected chi connectivity index (χ3v) is 21.6. The molecule has 13 aromatic rings. The van der Waals surface area contributed by atoms with Gasteiger partial charge in [-0.25, -0.2) is 4.90 Å². The largest absolute Gasteiger partial charge is 0.481 e. The maximum atomic E-state index is 15.8. The van der Waals surface area contributed by atoms with E-state index >= 15 is 19.2 Å². The van der Waals surface area contributed by atoms with Gasteiger partial charge in [-0.15, -0.1) is 0 Å². The molecule has 0 fully saturated rings. The molecule has 5 N–H and O–H groups in total. The van der Waals surface area contributed by atoms with E-state index in [2.05, 4.69) is 13.2 Å². The second-order valence-corrected chi connectivity index (χ2v) is 29.7. The smallest absolute Gasteiger partial charge is 0.303 e. The van der Waals surface area contributed by atoms with Crippen molar-refractivity contribution in [3.63, 3.8) is 0 Å². The number of imide groups is 2. The minimum atomic E-state index is -4.75. The minimum Gasteiger partial charge on any atom is -0.481 e. The Labute approximate surface area is 577 Å². The molecule has 510 valence electrons. The van der Waals surface area contributed by atoms with Crippen molar-refractivity contribution < 1.29 is 99.9 Å². The molecule has 0 aliphatic carbocycles. The normalized spacial score (nSPS) is 13.6. The van der Waals surface area contributed by atoms with Crippen LogP contribution in [-0.4, -0.2) is 98.0 Å². The number of unbranched alkanes of at least 4 members (excludes halogenated alkanes) is 2. The highest BCUT2D eigenvalue weighted by molar-refractivity contribution is 7.86. The van der Waals surface area contributed by atoms with Gasteiger partial charge in [0.15, 0.2) is 0 Å². The number of carboxylic acid groups (broad SMARTS) is 1. The highest BCUT2D eigenvalue weighted by atomic mass is 32.2.